The number of nitrogens with zero attached hydrogens (tertiary/aromatic N) is 4. The zero-order valence-electron chi connectivity index (χ0n) is 10.5. The summed E-state index contributed by atoms with van der Waals surface area (Å²) >= 11 is 5.70. The largest absolute Gasteiger partial charge is 0.416 e. The molecule has 0 radical (unpaired) electrons. The third-order valence-electron chi connectivity index (χ3n) is 2.37. The summed E-state index contributed by atoms with van der Waals surface area (Å²) in [6, 6.07) is 7.01. The maximum absolute atomic E-state index is 12.6. The Morgan fingerprint density at radius 3 is 2.05 bits per heavy atom. The van der Waals surface area contributed by atoms with Crippen LogP contribution in [0, 0.1) is 45.3 Å². The smallest absolute Gasteiger partial charge is 0.343 e. The van der Waals surface area contributed by atoms with Crippen LogP contribution < -0.4 is 5.32 Å². The number of alkyl halides is 3. The number of rotatable bonds is 2. The van der Waals surface area contributed by atoms with Gasteiger partial charge in [0.25, 0.3) is 0 Å². The third kappa shape index (κ3) is 3.46. The van der Waals surface area contributed by atoms with Crippen LogP contribution in [0.5, 0.6) is 0 Å². The van der Waals surface area contributed by atoms with Crippen LogP contribution in [-0.2, 0) is 6.18 Å². The molecule has 0 amide bonds. The number of anilines is 1. The van der Waals surface area contributed by atoms with Crippen molar-refractivity contribution in [2.75, 3.05) is 5.32 Å². The minimum Gasteiger partial charge on any atom is -0.343 e. The highest BCUT2D eigenvalue weighted by Gasteiger charge is 2.32. The van der Waals surface area contributed by atoms with E-state index >= 15 is 0 Å². The lowest BCUT2D eigenvalue weighted by Gasteiger charge is -2.13. The lowest BCUT2D eigenvalue weighted by atomic mass is 10.1. The van der Waals surface area contributed by atoms with Crippen molar-refractivity contribution in [3.63, 3.8) is 0 Å². The van der Waals surface area contributed by atoms with Crippen LogP contribution in [0.15, 0.2) is 23.4 Å². The molecule has 0 atom stereocenters. The molecule has 0 heterocycles. The summed E-state index contributed by atoms with van der Waals surface area (Å²) in [6.07, 6.45) is -4.70. The van der Waals surface area contributed by atoms with Gasteiger partial charge in [-0.25, -0.2) is 0 Å². The summed E-state index contributed by atoms with van der Waals surface area (Å²) in [5.74, 6) is 0. The van der Waals surface area contributed by atoms with Crippen molar-refractivity contribution in [1.29, 1.82) is 21.0 Å². The summed E-state index contributed by atoms with van der Waals surface area (Å²) in [6.45, 7) is 0. The van der Waals surface area contributed by atoms with Gasteiger partial charge in [0.2, 0.25) is 0 Å². The normalized spacial score (nSPS) is 9.64. The zero-order chi connectivity index (χ0) is 16.9. The van der Waals surface area contributed by atoms with Gasteiger partial charge in [0, 0.05) is 0 Å². The summed E-state index contributed by atoms with van der Waals surface area (Å²) < 4.78 is 37.9. The van der Waals surface area contributed by atoms with Crippen molar-refractivity contribution in [3.8, 4) is 24.3 Å². The van der Waals surface area contributed by atoms with E-state index in [1.807, 2.05) is 0 Å². The second kappa shape index (κ2) is 6.50. The van der Waals surface area contributed by atoms with Crippen LogP contribution in [0.3, 0.4) is 0 Å². The zero-order valence-corrected chi connectivity index (χ0v) is 11.2. The number of nitriles is 4. The van der Waals surface area contributed by atoms with Gasteiger partial charge in [-0.15, -0.1) is 0 Å². The molecule has 0 aliphatic carbocycles. The molecule has 1 aromatic carbocycles. The van der Waals surface area contributed by atoms with Crippen molar-refractivity contribution in [2.24, 2.45) is 0 Å². The van der Waals surface area contributed by atoms with Gasteiger partial charge < -0.3 is 5.32 Å². The summed E-state index contributed by atoms with van der Waals surface area (Å²) in [4.78, 5) is 0. The van der Waals surface area contributed by atoms with Gasteiger partial charge >= 0.3 is 6.18 Å². The average molecular weight is 322 g/mol. The van der Waals surface area contributed by atoms with E-state index in [1.54, 1.807) is 0 Å². The Morgan fingerprint density at radius 2 is 1.64 bits per heavy atom. The molecule has 0 fully saturated rings. The van der Waals surface area contributed by atoms with Crippen molar-refractivity contribution in [3.05, 3.63) is 39.6 Å². The van der Waals surface area contributed by atoms with E-state index < -0.39 is 33.6 Å². The van der Waals surface area contributed by atoms with Crippen LogP contribution in [0.25, 0.3) is 0 Å². The van der Waals surface area contributed by atoms with Crippen molar-refractivity contribution < 1.29 is 13.2 Å². The molecule has 22 heavy (non-hydrogen) atoms. The van der Waals surface area contributed by atoms with Crippen LogP contribution >= 0.6 is 11.6 Å². The fourth-order valence-electron chi connectivity index (χ4n) is 1.39. The Kier molecular flexibility index (Phi) is 4.98. The van der Waals surface area contributed by atoms with E-state index in [1.165, 1.54) is 24.3 Å². The number of halogens is 4. The molecule has 0 aromatic heterocycles. The van der Waals surface area contributed by atoms with Crippen molar-refractivity contribution in [2.45, 2.75) is 6.18 Å². The Bertz CT molecular complexity index is 797. The van der Waals surface area contributed by atoms with E-state index in [-0.39, 0.29) is 5.69 Å². The highest BCUT2D eigenvalue weighted by Crippen LogP contribution is 2.36. The lowest BCUT2D eigenvalue weighted by molar-refractivity contribution is -0.137. The van der Waals surface area contributed by atoms with E-state index in [0.29, 0.717) is 12.1 Å². The predicted molar refractivity (Wildman–Crippen MR) is 68.7 cm³/mol. The second-order valence-corrected chi connectivity index (χ2v) is 4.11. The average Bonchev–Trinajstić information content (AvgIpc) is 2.47. The molecule has 1 N–H and O–H groups in total. The summed E-state index contributed by atoms with van der Waals surface area (Å²) in [5, 5.41) is 36.9. The Hall–Kier alpha value is -3.20. The van der Waals surface area contributed by atoms with Crippen LogP contribution in [0.4, 0.5) is 18.9 Å². The first-order valence-corrected chi connectivity index (χ1v) is 5.68. The quantitative estimate of drug-likeness (QED) is 0.839. The molecular weight excluding hydrogens is 319 g/mol. The van der Waals surface area contributed by atoms with Gasteiger partial charge in [0.1, 0.15) is 30.0 Å². The lowest BCUT2D eigenvalue weighted by Crippen LogP contribution is -2.08. The fourth-order valence-corrected chi connectivity index (χ4v) is 1.66. The Morgan fingerprint density at radius 1 is 1.05 bits per heavy atom. The molecule has 9 heteroatoms. The molecule has 1 rings (SSSR count). The molecule has 1 aromatic rings. The number of allylic oxidation sites excluding steroid dienone is 2. The molecule has 0 saturated heterocycles. The van der Waals surface area contributed by atoms with Gasteiger partial charge in [-0.1, -0.05) is 11.6 Å². The first kappa shape index (κ1) is 16.9. The molecule has 0 bridgehead atoms. The maximum Gasteiger partial charge on any atom is 0.416 e. The second-order valence-electron chi connectivity index (χ2n) is 3.70. The summed E-state index contributed by atoms with van der Waals surface area (Å²) in [7, 11) is 0. The highest BCUT2D eigenvalue weighted by molar-refractivity contribution is 6.33. The van der Waals surface area contributed by atoms with Gasteiger partial charge in [-0.05, 0) is 12.1 Å². The van der Waals surface area contributed by atoms with Crippen molar-refractivity contribution in [1.82, 2.24) is 0 Å². The van der Waals surface area contributed by atoms with Gasteiger partial charge in [-0.2, -0.15) is 34.2 Å². The van der Waals surface area contributed by atoms with Gasteiger partial charge in [-0.3, -0.25) is 0 Å². The number of hydrogen-bond donors (Lipinski definition) is 1. The molecule has 0 aliphatic rings. The van der Waals surface area contributed by atoms with Crippen LogP contribution in [0.1, 0.15) is 11.1 Å². The molecule has 0 unspecified atom stereocenters. The number of benzene rings is 1. The number of hydrogen-bond acceptors (Lipinski definition) is 5. The topological polar surface area (TPSA) is 107 Å². The first-order valence-electron chi connectivity index (χ1n) is 5.31. The first-order chi connectivity index (χ1) is 10.3. The molecule has 5 nitrogen and oxygen atoms in total. The molecule has 108 valence electrons. The van der Waals surface area contributed by atoms with E-state index in [0.717, 1.165) is 0 Å². The van der Waals surface area contributed by atoms with E-state index in [4.69, 9.17) is 32.6 Å². The van der Waals surface area contributed by atoms with Gasteiger partial charge in [0.05, 0.1) is 21.8 Å². The fraction of sp³-hybridized carbons (Fsp3) is 0.0769. The van der Waals surface area contributed by atoms with Crippen LogP contribution in [0.2, 0.25) is 5.02 Å². The number of nitrogens with one attached hydrogen (secondary N) is 1. The van der Waals surface area contributed by atoms with Crippen LogP contribution in [-0.4, -0.2) is 0 Å². The molecule has 0 saturated carbocycles. The molecular formula is C13H3ClF3N5. The molecule has 0 aliphatic heterocycles. The minimum absolute atomic E-state index is 0.295. The monoisotopic (exact) mass is 321 g/mol. The Balaban J connectivity index is 3.50. The van der Waals surface area contributed by atoms with E-state index in [2.05, 4.69) is 5.32 Å². The molecule has 0 spiro atoms. The van der Waals surface area contributed by atoms with Gasteiger partial charge in [0.15, 0.2) is 5.57 Å². The van der Waals surface area contributed by atoms with E-state index in [9.17, 15) is 13.2 Å². The minimum atomic E-state index is -4.70. The standard InChI is InChI=1S/C13H3ClF3N5/c14-10-2-9(13(15,16)17)1-7(3-18)12(10)22-11(6-21)8(4-19)5-20/h1-2,22H. The maximum atomic E-state index is 12.6. The van der Waals surface area contributed by atoms with Crippen molar-refractivity contribution >= 4 is 17.3 Å². The summed E-state index contributed by atoms with van der Waals surface area (Å²) in [5.41, 5.74) is -3.03. The third-order valence-corrected chi connectivity index (χ3v) is 2.67. The predicted octanol–water partition coefficient (Wildman–Crippen LogP) is 3.47. The Labute approximate surface area is 127 Å². The SMILES string of the molecule is N#CC(C#N)=C(C#N)Nc1c(Cl)cc(C(F)(F)F)cc1C#N. The highest BCUT2D eigenvalue weighted by atomic mass is 35.5.